The van der Waals surface area contributed by atoms with Crippen LogP contribution in [0.25, 0.3) is 5.70 Å². The van der Waals surface area contributed by atoms with Crippen LogP contribution in [0.3, 0.4) is 0 Å². The molecule has 3 unspecified atom stereocenters. The minimum Gasteiger partial charge on any atom is -0.455 e. The number of carbonyl (C=O) groups excluding carboxylic acids is 4. The molecule has 346 valence electrons. The molecule has 0 aliphatic carbocycles. The van der Waals surface area contributed by atoms with E-state index in [4.69, 9.17) is 23.7 Å². The van der Waals surface area contributed by atoms with Crippen molar-refractivity contribution in [3.8, 4) is 0 Å². The Kier molecular flexibility index (Phi) is 15.1. The number of hydrogen-bond donors (Lipinski definition) is 3. The predicted molar refractivity (Wildman–Crippen MR) is 223 cm³/mol. The molecular weight excluding hydrogens is 812 g/mol. The molecule has 3 saturated heterocycles. The standard InChI is InChI=1S/C43H65FN6O12/c1-12-32-43(8)35(49(40(55)62-43)19-14-13-18-48-23-30(45-46-48)28-16-15-17-29(21-28)50(56)57)26(4)33(51)24(2)22-41(6,58-11)37(27(5)36(53)42(7,44)39(54)60-32)61-38-34(52)31(47(9)10)20-25(3)59-38/h15-17,21,23-27,31-32,34-35,37-38,45-46,52H,12-14,18-20,22H2,1-11H3/t24-,25-,26+,27+,31+,32?,34-,35?,37-,38?,41+,42+,43-/m1/s1. The molecule has 62 heavy (non-hydrogen) atoms. The van der Waals surface area contributed by atoms with Gasteiger partial charge in [0.05, 0.1) is 34.5 Å². The summed E-state index contributed by atoms with van der Waals surface area (Å²) < 4.78 is 47.4. The lowest BCUT2D eigenvalue weighted by Gasteiger charge is -2.47. The zero-order valence-corrected chi connectivity index (χ0v) is 37.7. The number of carbonyl (C=O) groups is 4. The molecule has 0 spiro atoms. The molecule has 0 aromatic heterocycles. The maximum absolute atomic E-state index is 16.9. The maximum Gasteiger partial charge on any atom is 0.410 e. The molecule has 4 aliphatic heterocycles. The van der Waals surface area contributed by atoms with E-state index in [0.29, 0.717) is 37.1 Å². The Morgan fingerprint density at radius 2 is 1.74 bits per heavy atom. The van der Waals surface area contributed by atoms with Crippen LogP contribution in [0.1, 0.15) is 93.1 Å². The fourth-order valence-electron chi connectivity index (χ4n) is 9.68. The van der Waals surface area contributed by atoms with Crippen molar-refractivity contribution < 1.29 is 57.3 Å². The quantitative estimate of drug-likeness (QED) is 0.0879. The van der Waals surface area contributed by atoms with Crippen LogP contribution < -0.4 is 11.0 Å². The number of unbranched alkanes of at least 4 members (excludes halogenated alkanes) is 1. The van der Waals surface area contributed by atoms with E-state index in [-0.39, 0.29) is 43.0 Å². The summed E-state index contributed by atoms with van der Waals surface area (Å²) in [6.45, 7) is 13.0. The second-order valence-electron chi connectivity index (χ2n) is 18.1. The number of amides is 1. The molecular formula is C43H65FN6O12. The number of nitrogens with one attached hydrogen (secondary N) is 2. The lowest BCUT2D eigenvalue weighted by Crippen LogP contribution is -2.61. The molecule has 4 heterocycles. The Labute approximate surface area is 362 Å². The van der Waals surface area contributed by atoms with Crippen LogP contribution in [0.5, 0.6) is 0 Å². The largest absolute Gasteiger partial charge is 0.455 e. The summed E-state index contributed by atoms with van der Waals surface area (Å²) in [7, 11) is 5.01. The number of methoxy groups -OCH3 is 1. The van der Waals surface area contributed by atoms with Crippen LogP contribution in [0.2, 0.25) is 0 Å². The number of ether oxygens (including phenoxy) is 5. The number of aliphatic hydroxyl groups excluding tert-OH is 1. The van der Waals surface area contributed by atoms with Gasteiger partial charge in [0, 0.05) is 67.9 Å². The molecule has 0 saturated carbocycles. The molecule has 0 radical (unpaired) electrons. The van der Waals surface area contributed by atoms with E-state index in [0.717, 1.165) is 6.92 Å². The average Bonchev–Trinajstić information content (AvgIpc) is 3.81. The molecule has 18 nitrogen and oxygen atoms in total. The van der Waals surface area contributed by atoms with Crippen LogP contribution in [0, 0.1) is 27.9 Å². The summed E-state index contributed by atoms with van der Waals surface area (Å²) in [5.41, 5.74) is 0.909. The van der Waals surface area contributed by atoms with E-state index in [1.54, 1.807) is 58.0 Å². The van der Waals surface area contributed by atoms with Gasteiger partial charge in [-0.2, -0.15) is 0 Å². The first-order valence-electron chi connectivity index (χ1n) is 21.4. The molecule has 1 aromatic carbocycles. The van der Waals surface area contributed by atoms with Crippen LogP contribution in [-0.2, 0) is 38.1 Å². The van der Waals surface area contributed by atoms with E-state index in [9.17, 15) is 34.4 Å². The highest BCUT2D eigenvalue weighted by molar-refractivity contribution is 6.08. The normalized spacial score (nSPS) is 37.4. The molecule has 13 atom stereocenters. The van der Waals surface area contributed by atoms with E-state index in [2.05, 4.69) is 11.0 Å². The molecule has 4 aliphatic rings. The van der Waals surface area contributed by atoms with Crippen molar-refractivity contribution in [2.45, 2.75) is 147 Å². The van der Waals surface area contributed by atoms with Crippen molar-refractivity contribution in [1.29, 1.82) is 0 Å². The van der Waals surface area contributed by atoms with Gasteiger partial charge < -0.3 is 44.0 Å². The SMILES string of the molecule is CCC1OC(=O)[C@@](C)(F)C(=O)[C@H](C)[C@@H](OC2O[C@H](C)C[C@H](N(C)C)[C@H]2O)[C@@](C)(OC)C[C@@H](C)C(=O)[C@H](C)C2N(CCCCN3C=C(c4cccc([N+](=O)[O-])c4)NN3)C(=O)O[C@]12C. The van der Waals surface area contributed by atoms with Crippen LogP contribution in [0.4, 0.5) is 14.9 Å². The summed E-state index contributed by atoms with van der Waals surface area (Å²) >= 11 is 0. The predicted octanol–water partition coefficient (Wildman–Crippen LogP) is 4.29. The number of esters is 1. The Morgan fingerprint density at radius 3 is 2.37 bits per heavy atom. The first-order valence-corrected chi connectivity index (χ1v) is 21.4. The number of alkyl halides is 1. The van der Waals surface area contributed by atoms with E-state index < -0.39 is 88.0 Å². The van der Waals surface area contributed by atoms with Crippen molar-refractivity contribution in [3.05, 3.63) is 46.1 Å². The fraction of sp³-hybridized carbons (Fsp3) is 0.721. The minimum absolute atomic E-state index is 0.0317. The Balaban J connectivity index is 1.43. The average molecular weight is 877 g/mol. The Hall–Kier alpha value is -4.27. The second kappa shape index (κ2) is 19.2. The minimum atomic E-state index is -3.21. The first-order chi connectivity index (χ1) is 29.0. The number of halogens is 1. The third-order valence-corrected chi connectivity index (χ3v) is 13.2. The van der Waals surface area contributed by atoms with Crippen molar-refractivity contribution >= 4 is 35.0 Å². The fourth-order valence-corrected chi connectivity index (χ4v) is 9.68. The number of aliphatic hydroxyl groups is 1. The van der Waals surface area contributed by atoms with Gasteiger partial charge in [0.2, 0.25) is 0 Å². The highest BCUT2D eigenvalue weighted by Crippen LogP contribution is 2.44. The van der Waals surface area contributed by atoms with E-state index >= 15 is 4.39 Å². The summed E-state index contributed by atoms with van der Waals surface area (Å²) in [5, 5.41) is 24.5. The summed E-state index contributed by atoms with van der Waals surface area (Å²) in [5.74, 6) is -5.98. The third kappa shape index (κ3) is 9.77. The molecule has 19 heteroatoms. The molecule has 5 rings (SSSR count). The number of Topliss-reactive ketones (excluding diaryl/α,β-unsaturated/α-hetero) is 2. The number of benzene rings is 1. The highest BCUT2D eigenvalue weighted by Gasteiger charge is 2.61. The number of ketones is 2. The van der Waals surface area contributed by atoms with Gasteiger partial charge in [0.15, 0.2) is 17.7 Å². The van der Waals surface area contributed by atoms with Crippen molar-refractivity contribution in [2.24, 2.45) is 17.8 Å². The number of non-ortho nitro benzene ring substituents is 1. The van der Waals surface area contributed by atoms with Gasteiger partial charge in [0.25, 0.3) is 11.4 Å². The maximum atomic E-state index is 16.9. The van der Waals surface area contributed by atoms with Crippen molar-refractivity contribution in [3.63, 3.8) is 0 Å². The Morgan fingerprint density at radius 1 is 1.06 bits per heavy atom. The lowest BCUT2D eigenvalue weighted by molar-refractivity contribution is -0.384. The number of nitrogens with zero attached hydrogens (tertiary/aromatic N) is 4. The number of hydrogen-bond acceptors (Lipinski definition) is 16. The number of rotatable bonds is 12. The summed E-state index contributed by atoms with van der Waals surface area (Å²) in [6.07, 6.45) is -2.85. The third-order valence-electron chi connectivity index (χ3n) is 13.2. The van der Waals surface area contributed by atoms with Gasteiger partial charge in [0.1, 0.15) is 18.0 Å². The van der Waals surface area contributed by atoms with Gasteiger partial charge in [-0.05, 0) is 73.9 Å². The molecule has 1 amide bonds. The molecule has 0 bridgehead atoms. The van der Waals surface area contributed by atoms with Crippen LogP contribution in [0.15, 0.2) is 30.5 Å². The van der Waals surface area contributed by atoms with Gasteiger partial charge >= 0.3 is 12.1 Å². The number of hydrazine groups is 2. The topological polar surface area (TPSA) is 212 Å². The molecule has 3 N–H and O–H groups in total. The zero-order valence-electron chi connectivity index (χ0n) is 37.7. The van der Waals surface area contributed by atoms with Gasteiger partial charge in [-0.25, -0.2) is 14.0 Å². The van der Waals surface area contributed by atoms with Crippen LogP contribution >= 0.6 is 0 Å². The highest BCUT2D eigenvalue weighted by atomic mass is 19.1. The van der Waals surface area contributed by atoms with Gasteiger partial charge in [-0.1, -0.05) is 39.8 Å². The summed E-state index contributed by atoms with van der Waals surface area (Å²) in [4.78, 5) is 70.9. The second-order valence-corrected chi connectivity index (χ2v) is 18.1. The monoisotopic (exact) mass is 876 g/mol. The van der Waals surface area contributed by atoms with Crippen LogP contribution in [-0.4, -0.2) is 142 Å². The summed E-state index contributed by atoms with van der Waals surface area (Å²) in [6, 6.07) is 4.86. The number of nitro groups is 1. The number of nitro benzene ring substituents is 1. The van der Waals surface area contributed by atoms with Gasteiger partial charge in [-0.15, -0.1) is 5.53 Å². The van der Waals surface area contributed by atoms with Gasteiger partial charge in [-0.3, -0.25) is 24.7 Å². The smallest absolute Gasteiger partial charge is 0.410 e. The molecule has 3 fully saturated rings. The first kappa shape index (κ1) is 48.8. The number of likely N-dealkylation sites (N-methyl/N-ethyl adjacent to an activating group) is 1. The zero-order chi connectivity index (χ0) is 46.1. The number of fused-ring (bicyclic) bond motifs is 1. The number of cyclic esters (lactones) is 1. The lowest BCUT2D eigenvalue weighted by atomic mass is 9.73. The van der Waals surface area contributed by atoms with E-state index in [1.165, 1.54) is 31.1 Å². The Bertz CT molecular complexity index is 1870. The van der Waals surface area contributed by atoms with Crippen molar-refractivity contribution in [1.82, 2.24) is 25.8 Å². The van der Waals surface area contributed by atoms with E-state index in [1.807, 2.05) is 25.9 Å². The molecule has 1 aromatic rings. The van der Waals surface area contributed by atoms with Crippen molar-refractivity contribution in [2.75, 3.05) is 34.3 Å².